The van der Waals surface area contributed by atoms with Crippen molar-refractivity contribution in [1.29, 1.82) is 0 Å². The molecule has 1 aliphatic rings. The summed E-state index contributed by atoms with van der Waals surface area (Å²) in [6.07, 6.45) is 6.47. The van der Waals surface area contributed by atoms with E-state index in [1.165, 1.54) is 18.0 Å². The van der Waals surface area contributed by atoms with E-state index in [2.05, 4.69) is 27.4 Å². The van der Waals surface area contributed by atoms with E-state index in [0.29, 0.717) is 17.8 Å². The zero-order valence-corrected chi connectivity index (χ0v) is 20.3. The van der Waals surface area contributed by atoms with Crippen LogP contribution >= 0.6 is 0 Å². The molecule has 0 aliphatic carbocycles. The molecule has 0 spiro atoms. The Bertz CT molecular complexity index is 1200. The molecule has 2 aromatic carbocycles. The fourth-order valence-electron chi connectivity index (χ4n) is 4.43. The zero-order chi connectivity index (χ0) is 24.0. The zero-order valence-electron chi connectivity index (χ0n) is 19.5. The van der Waals surface area contributed by atoms with Crippen molar-refractivity contribution in [3.63, 3.8) is 0 Å². The Morgan fingerprint density at radius 1 is 1.03 bits per heavy atom. The molecule has 1 saturated heterocycles. The van der Waals surface area contributed by atoms with E-state index in [9.17, 15) is 12.8 Å². The number of nitrogens with zero attached hydrogens (tertiary/aromatic N) is 3. The molecule has 2 heterocycles. The van der Waals surface area contributed by atoms with Crippen LogP contribution in [0.15, 0.2) is 60.8 Å². The van der Waals surface area contributed by atoms with Crippen molar-refractivity contribution >= 4 is 10.0 Å². The highest BCUT2D eigenvalue weighted by Gasteiger charge is 2.28. The third-order valence-electron chi connectivity index (χ3n) is 6.18. The highest BCUT2D eigenvalue weighted by Crippen LogP contribution is 2.24. The van der Waals surface area contributed by atoms with E-state index >= 15 is 0 Å². The van der Waals surface area contributed by atoms with Gasteiger partial charge in [0.25, 0.3) is 0 Å². The Labute approximate surface area is 201 Å². The summed E-state index contributed by atoms with van der Waals surface area (Å²) in [6.45, 7) is 1.86. The SMILES string of the molecule is CS(=O)(=O)N(Cc1cccc(-c2nc(CCCc3ccccc3)ncc2F)c1)C1CCNCC1. The first-order valence-electron chi connectivity index (χ1n) is 11.7. The lowest BCUT2D eigenvalue weighted by Gasteiger charge is -2.32. The van der Waals surface area contributed by atoms with Gasteiger partial charge < -0.3 is 5.32 Å². The van der Waals surface area contributed by atoms with Crippen LogP contribution in [0.3, 0.4) is 0 Å². The molecular weight excluding hydrogens is 451 g/mol. The molecule has 0 bridgehead atoms. The molecule has 8 heteroatoms. The number of aromatic nitrogens is 2. The fraction of sp³-hybridized carbons (Fsp3) is 0.385. The van der Waals surface area contributed by atoms with E-state index in [0.717, 1.165) is 44.3 Å². The van der Waals surface area contributed by atoms with Gasteiger partial charge in [-0.15, -0.1) is 0 Å². The number of rotatable bonds is 9. The molecule has 0 radical (unpaired) electrons. The Balaban J connectivity index is 1.50. The Kier molecular flexibility index (Phi) is 8.03. The summed E-state index contributed by atoms with van der Waals surface area (Å²) in [7, 11) is -3.38. The van der Waals surface area contributed by atoms with Crippen LogP contribution in [0.4, 0.5) is 4.39 Å². The predicted molar refractivity (Wildman–Crippen MR) is 132 cm³/mol. The Morgan fingerprint density at radius 3 is 2.50 bits per heavy atom. The smallest absolute Gasteiger partial charge is 0.211 e. The summed E-state index contributed by atoms with van der Waals surface area (Å²) in [4.78, 5) is 8.69. The topological polar surface area (TPSA) is 75.2 Å². The van der Waals surface area contributed by atoms with E-state index < -0.39 is 15.8 Å². The number of halogens is 1. The monoisotopic (exact) mass is 482 g/mol. The van der Waals surface area contributed by atoms with Crippen molar-refractivity contribution in [3.05, 3.63) is 83.6 Å². The highest BCUT2D eigenvalue weighted by atomic mass is 32.2. The second-order valence-electron chi connectivity index (χ2n) is 8.81. The molecule has 0 atom stereocenters. The van der Waals surface area contributed by atoms with Crippen molar-refractivity contribution in [2.75, 3.05) is 19.3 Å². The van der Waals surface area contributed by atoms with Gasteiger partial charge in [-0.25, -0.2) is 22.8 Å². The number of piperidine rings is 1. The summed E-state index contributed by atoms with van der Waals surface area (Å²) in [5.74, 6) is 0.118. The van der Waals surface area contributed by atoms with Crippen molar-refractivity contribution < 1.29 is 12.8 Å². The molecule has 1 aliphatic heterocycles. The molecule has 0 amide bonds. The van der Waals surface area contributed by atoms with Crippen LogP contribution in [0.25, 0.3) is 11.3 Å². The average Bonchev–Trinajstić information content (AvgIpc) is 2.84. The molecule has 6 nitrogen and oxygen atoms in total. The van der Waals surface area contributed by atoms with Crippen LogP contribution in [0, 0.1) is 5.82 Å². The minimum atomic E-state index is -3.38. The standard InChI is InChI=1S/C26H31FN4O2S/c1-34(32,33)31(23-13-15-28-16-14-23)19-21-10-5-11-22(17-21)26-24(27)18-29-25(30-26)12-6-9-20-7-3-2-4-8-20/h2-5,7-8,10-11,17-18,23,28H,6,9,12-16,19H2,1H3. The van der Waals surface area contributed by atoms with Crippen LogP contribution in [-0.4, -0.2) is 48.1 Å². The van der Waals surface area contributed by atoms with Gasteiger partial charge in [-0.1, -0.05) is 48.5 Å². The lowest BCUT2D eigenvalue weighted by molar-refractivity contribution is 0.258. The predicted octanol–water partition coefficient (Wildman–Crippen LogP) is 3.97. The van der Waals surface area contributed by atoms with Gasteiger partial charge in [-0.05, 0) is 56.0 Å². The molecule has 3 aromatic rings. The molecular formula is C26H31FN4O2S. The first-order chi connectivity index (χ1) is 16.4. The van der Waals surface area contributed by atoms with E-state index in [1.54, 1.807) is 10.4 Å². The van der Waals surface area contributed by atoms with Crippen LogP contribution in [-0.2, 0) is 29.4 Å². The Morgan fingerprint density at radius 2 is 1.76 bits per heavy atom. The summed E-state index contributed by atoms with van der Waals surface area (Å²) in [5.41, 5.74) is 2.94. The summed E-state index contributed by atoms with van der Waals surface area (Å²) in [5, 5.41) is 3.27. The third kappa shape index (κ3) is 6.46. The summed E-state index contributed by atoms with van der Waals surface area (Å²) in [6, 6.07) is 17.5. The van der Waals surface area contributed by atoms with Gasteiger partial charge in [0.15, 0.2) is 5.82 Å². The van der Waals surface area contributed by atoms with Gasteiger partial charge in [-0.2, -0.15) is 4.31 Å². The molecule has 0 unspecified atom stereocenters. The van der Waals surface area contributed by atoms with Gasteiger partial charge in [0.05, 0.1) is 12.5 Å². The number of sulfonamides is 1. The molecule has 34 heavy (non-hydrogen) atoms. The average molecular weight is 483 g/mol. The van der Waals surface area contributed by atoms with Crippen molar-refractivity contribution in [2.45, 2.75) is 44.7 Å². The van der Waals surface area contributed by atoms with E-state index in [-0.39, 0.29) is 18.3 Å². The molecule has 0 saturated carbocycles. The molecule has 1 fully saturated rings. The van der Waals surface area contributed by atoms with Gasteiger partial charge in [0.2, 0.25) is 10.0 Å². The van der Waals surface area contributed by atoms with Gasteiger partial charge in [0.1, 0.15) is 11.5 Å². The summed E-state index contributed by atoms with van der Waals surface area (Å²) < 4.78 is 41.3. The second kappa shape index (κ2) is 11.2. The lowest BCUT2D eigenvalue weighted by Crippen LogP contribution is -2.45. The second-order valence-corrected chi connectivity index (χ2v) is 10.7. The maximum absolute atomic E-state index is 14.7. The highest BCUT2D eigenvalue weighted by molar-refractivity contribution is 7.88. The molecule has 4 rings (SSSR count). The van der Waals surface area contributed by atoms with E-state index in [1.807, 2.05) is 36.4 Å². The molecule has 180 valence electrons. The number of benzene rings is 2. The maximum Gasteiger partial charge on any atom is 0.211 e. The first-order valence-corrected chi connectivity index (χ1v) is 13.6. The van der Waals surface area contributed by atoms with Crippen molar-refractivity contribution in [2.24, 2.45) is 0 Å². The minimum Gasteiger partial charge on any atom is -0.317 e. The number of aryl methyl sites for hydroxylation is 2. The van der Waals surface area contributed by atoms with Crippen LogP contribution in [0.5, 0.6) is 0 Å². The number of hydrogen-bond acceptors (Lipinski definition) is 5. The molecule has 1 aromatic heterocycles. The third-order valence-corrected chi connectivity index (χ3v) is 7.46. The van der Waals surface area contributed by atoms with E-state index in [4.69, 9.17) is 0 Å². The van der Waals surface area contributed by atoms with Crippen LogP contribution in [0.1, 0.15) is 36.2 Å². The minimum absolute atomic E-state index is 0.0353. The van der Waals surface area contributed by atoms with Gasteiger partial charge in [0, 0.05) is 24.6 Å². The molecule has 1 N–H and O–H groups in total. The maximum atomic E-state index is 14.7. The van der Waals surface area contributed by atoms with Gasteiger partial charge >= 0.3 is 0 Å². The van der Waals surface area contributed by atoms with Gasteiger partial charge in [-0.3, -0.25) is 0 Å². The fourth-order valence-corrected chi connectivity index (χ4v) is 5.57. The quantitative estimate of drug-likeness (QED) is 0.500. The van der Waals surface area contributed by atoms with Crippen LogP contribution < -0.4 is 5.32 Å². The Hall–Kier alpha value is -2.68. The van der Waals surface area contributed by atoms with Crippen molar-refractivity contribution in [1.82, 2.24) is 19.6 Å². The summed E-state index contributed by atoms with van der Waals surface area (Å²) >= 11 is 0. The largest absolute Gasteiger partial charge is 0.317 e. The lowest BCUT2D eigenvalue weighted by atomic mass is 10.0. The number of hydrogen-bond donors (Lipinski definition) is 1. The van der Waals surface area contributed by atoms with Crippen LogP contribution in [0.2, 0.25) is 0 Å². The first kappa shape index (κ1) is 24.4. The normalized spacial score (nSPS) is 15.0. The van der Waals surface area contributed by atoms with Crippen molar-refractivity contribution in [3.8, 4) is 11.3 Å². The number of nitrogens with one attached hydrogen (secondary N) is 1.